The molecular formula is C11H24B. The van der Waals surface area contributed by atoms with E-state index < -0.39 is 0 Å². The third-order valence-corrected chi connectivity index (χ3v) is 2.25. The molecule has 1 atom stereocenters. The van der Waals surface area contributed by atoms with Crippen LogP contribution in [0.25, 0.3) is 0 Å². The molecule has 1 radical (unpaired) electrons. The van der Waals surface area contributed by atoms with Gasteiger partial charge in [-0.2, -0.15) is 0 Å². The first-order chi connectivity index (χ1) is 5.70. The Morgan fingerprint density at radius 1 is 1.00 bits per heavy atom. The SMILES string of the molecule is CCCCC([B]C(C)C)CCC. The van der Waals surface area contributed by atoms with Gasteiger partial charge in [-0.1, -0.05) is 71.4 Å². The predicted octanol–water partition coefficient (Wildman–Crippen LogP) is 4.30. The van der Waals surface area contributed by atoms with Gasteiger partial charge in [0.05, 0.1) is 0 Å². The molecule has 0 amide bonds. The van der Waals surface area contributed by atoms with Gasteiger partial charge in [-0.25, -0.2) is 0 Å². The molecule has 0 aromatic rings. The van der Waals surface area contributed by atoms with Gasteiger partial charge in [-0.05, 0) is 0 Å². The zero-order valence-electron chi connectivity index (χ0n) is 9.27. The molecule has 0 aliphatic rings. The van der Waals surface area contributed by atoms with Gasteiger partial charge in [0.1, 0.15) is 7.28 Å². The first kappa shape index (κ1) is 12.1. The third kappa shape index (κ3) is 6.76. The van der Waals surface area contributed by atoms with Gasteiger partial charge in [0.15, 0.2) is 0 Å². The van der Waals surface area contributed by atoms with Crippen LogP contribution in [0.5, 0.6) is 0 Å². The van der Waals surface area contributed by atoms with Crippen LogP contribution in [0.3, 0.4) is 0 Å². The van der Waals surface area contributed by atoms with Crippen LogP contribution in [0.15, 0.2) is 0 Å². The van der Waals surface area contributed by atoms with Gasteiger partial charge in [-0.3, -0.25) is 0 Å². The average molecular weight is 167 g/mol. The van der Waals surface area contributed by atoms with Gasteiger partial charge < -0.3 is 0 Å². The molecule has 0 heterocycles. The van der Waals surface area contributed by atoms with Crippen molar-refractivity contribution in [1.82, 2.24) is 0 Å². The lowest BCUT2D eigenvalue weighted by Gasteiger charge is -2.16. The molecule has 0 aliphatic carbocycles. The first-order valence-electron chi connectivity index (χ1n) is 5.55. The summed E-state index contributed by atoms with van der Waals surface area (Å²) < 4.78 is 0. The minimum Gasteiger partial charge on any atom is -0.0742 e. The molecule has 0 nitrogen and oxygen atoms in total. The van der Waals surface area contributed by atoms with E-state index in [1.807, 2.05) is 0 Å². The Morgan fingerprint density at radius 3 is 2.08 bits per heavy atom. The molecular weight excluding hydrogens is 143 g/mol. The molecule has 0 saturated carbocycles. The topological polar surface area (TPSA) is 0 Å². The van der Waals surface area contributed by atoms with E-state index in [4.69, 9.17) is 0 Å². The highest BCUT2D eigenvalue weighted by molar-refractivity contribution is 6.39. The zero-order chi connectivity index (χ0) is 9.40. The van der Waals surface area contributed by atoms with E-state index in [2.05, 4.69) is 35.0 Å². The van der Waals surface area contributed by atoms with E-state index in [-0.39, 0.29) is 0 Å². The Hall–Kier alpha value is 0.0649. The summed E-state index contributed by atoms with van der Waals surface area (Å²) >= 11 is 0. The Morgan fingerprint density at radius 2 is 1.67 bits per heavy atom. The molecule has 0 fully saturated rings. The number of rotatable bonds is 7. The van der Waals surface area contributed by atoms with Gasteiger partial charge in [-0.15, -0.1) is 0 Å². The highest BCUT2D eigenvalue weighted by atomic mass is 14.0. The van der Waals surface area contributed by atoms with Crippen molar-refractivity contribution >= 4 is 7.28 Å². The fourth-order valence-electron chi connectivity index (χ4n) is 1.72. The van der Waals surface area contributed by atoms with Gasteiger partial charge in [0.2, 0.25) is 0 Å². The minimum absolute atomic E-state index is 0.762. The van der Waals surface area contributed by atoms with Crippen LogP contribution in [0.2, 0.25) is 11.6 Å². The maximum atomic E-state index is 2.53. The molecule has 1 unspecified atom stereocenters. The van der Waals surface area contributed by atoms with Crippen molar-refractivity contribution in [2.75, 3.05) is 0 Å². The molecule has 0 N–H and O–H groups in total. The molecule has 0 bridgehead atoms. The van der Waals surface area contributed by atoms with Crippen molar-refractivity contribution in [2.45, 2.75) is 71.4 Å². The maximum Gasteiger partial charge on any atom is 0.117 e. The summed E-state index contributed by atoms with van der Waals surface area (Å²) in [6, 6.07) is 0. The fraction of sp³-hybridized carbons (Fsp3) is 1.00. The van der Waals surface area contributed by atoms with Crippen molar-refractivity contribution in [3.8, 4) is 0 Å². The number of hydrogen-bond acceptors (Lipinski definition) is 0. The third-order valence-electron chi connectivity index (χ3n) is 2.25. The summed E-state index contributed by atoms with van der Waals surface area (Å²) in [5, 5.41) is 0. The number of unbranched alkanes of at least 4 members (excludes halogenated alkanes) is 1. The molecule has 0 rings (SSSR count). The normalized spacial score (nSPS) is 13.4. The molecule has 0 aromatic carbocycles. The summed E-state index contributed by atoms with van der Waals surface area (Å²) in [5.74, 6) is 1.65. The van der Waals surface area contributed by atoms with E-state index in [1.54, 1.807) is 0 Å². The summed E-state index contributed by atoms with van der Waals surface area (Å²) in [5.41, 5.74) is 0. The summed E-state index contributed by atoms with van der Waals surface area (Å²) in [7, 11) is 2.53. The second-order valence-corrected chi connectivity index (χ2v) is 4.13. The lowest BCUT2D eigenvalue weighted by molar-refractivity contribution is 0.614. The largest absolute Gasteiger partial charge is 0.117 e. The second kappa shape index (κ2) is 7.70. The Balaban J connectivity index is 3.54. The van der Waals surface area contributed by atoms with Crippen molar-refractivity contribution in [1.29, 1.82) is 0 Å². The molecule has 0 saturated heterocycles. The lowest BCUT2D eigenvalue weighted by atomic mass is 9.53. The monoisotopic (exact) mass is 167 g/mol. The number of hydrogen-bond donors (Lipinski definition) is 0. The molecule has 71 valence electrons. The summed E-state index contributed by atoms with van der Waals surface area (Å²) in [6.45, 7) is 9.13. The van der Waals surface area contributed by atoms with Crippen LogP contribution in [-0.2, 0) is 0 Å². The van der Waals surface area contributed by atoms with Gasteiger partial charge in [0, 0.05) is 0 Å². The van der Waals surface area contributed by atoms with Crippen LogP contribution >= 0.6 is 0 Å². The van der Waals surface area contributed by atoms with Crippen molar-refractivity contribution in [3.05, 3.63) is 0 Å². The van der Waals surface area contributed by atoms with E-state index in [0.29, 0.717) is 0 Å². The second-order valence-electron chi connectivity index (χ2n) is 4.13. The van der Waals surface area contributed by atoms with Crippen LogP contribution in [0, 0.1) is 0 Å². The van der Waals surface area contributed by atoms with Crippen molar-refractivity contribution < 1.29 is 0 Å². The smallest absolute Gasteiger partial charge is 0.0742 e. The first-order valence-corrected chi connectivity index (χ1v) is 5.55. The van der Waals surface area contributed by atoms with Crippen LogP contribution in [0.1, 0.15) is 59.8 Å². The average Bonchev–Trinajstić information content (AvgIpc) is 2.00. The lowest BCUT2D eigenvalue weighted by Crippen LogP contribution is -2.06. The van der Waals surface area contributed by atoms with Crippen molar-refractivity contribution in [2.24, 2.45) is 0 Å². The highest BCUT2D eigenvalue weighted by Gasteiger charge is 2.10. The quantitative estimate of drug-likeness (QED) is 0.496. The van der Waals surface area contributed by atoms with Crippen LogP contribution in [-0.4, -0.2) is 7.28 Å². The van der Waals surface area contributed by atoms with Crippen molar-refractivity contribution in [3.63, 3.8) is 0 Å². The predicted molar refractivity (Wildman–Crippen MR) is 59.0 cm³/mol. The summed E-state index contributed by atoms with van der Waals surface area (Å²) in [6.07, 6.45) is 6.86. The zero-order valence-corrected chi connectivity index (χ0v) is 9.27. The Bertz CT molecular complexity index is 89.0. The fourth-order valence-corrected chi connectivity index (χ4v) is 1.72. The Kier molecular flexibility index (Phi) is 7.74. The van der Waals surface area contributed by atoms with Gasteiger partial charge >= 0.3 is 0 Å². The maximum absolute atomic E-state index is 2.53. The Labute approximate surface area is 79.4 Å². The van der Waals surface area contributed by atoms with E-state index in [1.165, 1.54) is 32.1 Å². The minimum atomic E-state index is 0.762. The van der Waals surface area contributed by atoms with E-state index in [9.17, 15) is 0 Å². The van der Waals surface area contributed by atoms with Crippen LogP contribution in [0.4, 0.5) is 0 Å². The van der Waals surface area contributed by atoms with E-state index >= 15 is 0 Å². The molecule has 0 aliphatic heterocycles. The summed E-state index contributed by atoms with van der Waals surface area (Å²) in [4.78, 5) is 0. The van der Waals surface area contributed by atoms with Crippen LogP contribution < -0.4 is 0 Å². The molecule has 0 aromatic heterocycles. The van der Waals surface area contributed by atoms with E-state index in [0.717, 1.165) is 11.6 Å². The standard InChI is InChI=1S/C11H24B/c1-5-7-9-11(8-6-2)12-10(3)4/h10-11H,5-9H2,1-4H3. The molecule has 12 heavy (non-hydrogen) atoms. The molecule has 0 spiro atoms. The highest BCUT2D eigenvalue weighted by Crippen LogP contribution is 2.23. The molecule has 1 heteroatoms. The van der Waals surface area contributed by atoms with Gasteiger partial charge in [0.25, 0.3) is 0 Å².